The largest absolute Gasteiger partial charge is 0.490 e. The first kappa shape index (κ1) is 28.5. The van der Waals surface area contributed by atoms with Gasteiger partial charge in [-0.15, -0.1) is 0 Å². The van der Waals surface area contributed by atoms with Gasteiger partial charge in [0.2, 0.25) is 0 Å². The Balaban J connectivity index is 1.63. The Bertz CT molecular complexity index is 1860. The van der Waals surface area contributed by atoms with Gasteiger partial charge in [0.1, 0.15) is 0 Å². The number of ether oxygens (including phenoxy) is 2. The normalized spacial score (nSPS) is 13.9. The van der Waals surface area contributed by atoms with Gasteiger partial charge in [-0.05, 0) is 88.4 Å². The van der Waals surface area contributed by atoms with E-state index >= 15 is 4.39 Å². The molecule has 0 fully saturated rings. The first-order chi connectivity index (χ1) is 20.5. The van der Waals surface area contributed by atoms with Gasteiger partial charge in [0.15, 0.2) is 23.3 Å². The zero-order valence-corrected chi connectivity index (χ0v) is 24.8. The van der Waals surface area contributed by atoms with Gasteiger partial charge >= 0.3 is 5.97 Å². The molecule has 0 saturated heterocycles. The first-order valence-corrected chi connectivity index (χ1v) is 14.3. The third-order valence-electron chi connectivity index (χ3n) is 7.65. The van der Waals surface area contributed by atoms with E-state index in [-0.39, 0.29) is 5.75 Å². The summed E-state index contributed by atoms with van der Waals surface area (Å²) in [6, 6.07) is 15.1. The molecule has 0 unspecified atom stereocenters. The third-order valence-corrected chi connectivity index (χ3v) is 7.65. The summed E-state index contributed by atoms with van der Waals surface area (Å²) in [5.41, 5.74) is 6.56. The van der Waals surface area contributed by atoms with Crippen molar-refractivity contribution in [1.82, 2.24) is 19.6 Å². The van der Waals surface area contributed by atoms with Crippen molar-refractivity contribution in [3.8, 4) is 39.4 Å². The van der Waals surface area contributed by atoms with Crippen LogP contribution in [0.1, 0.15) is 55.7 Å². The Labute approximate surface area is 249 Å². The number of carbonyl (C=O) groups is 1. The number of pyridine rings is 1. The SMILES string of the molecule is Cc1nc2cc(-c3cccc(-c4ccncc4)c3)nn2c(-c2cc(F)c3c(c2C)CCCO3)c1[C@@H](OC(C)(C)C)C(=O)O. The van der Waals surface area contributed by atoms with E-state index in [4.69, 9.17) is 19.6 Å². The fourth-order valence-corrected chi connectivity index (χ4v) is 5.74. The van der Waals surface area contributed by atoms with Gasteiger partial charge in [0, 0.05) is 46.4 Å². The number of hydrogen-bond donors (Lipinski definition) is 1. The second-order valence-electron chi connectivity index (χ2n) is 11.8. The fraction of sp³-hybridized carbons (Fsp3) is 0.294. The first-order valence-electron chi connectivity index (χ1n) is 14.3. The molecule has 0 amide bonds. The van der Waals surface area contributed by atoms with Gasteiger partial charge < -0.3 is 14.6 Å². The Hall–Kier alpha value is -4.63. The molecule has 0 bridgehead atoms. The van der Waals surface area contributed by atoms with Gasteiger partial charge in [-0.2, -0.15) is 5.10 Å². The number of carboxylic acids is 1. The molecule has 220 valence electrons. The second kappa shape index (κ2) is 10.9. The van der Waals surface area contributed by atoms with Crippen LogP contribution in [0.2, 0.25) is 0 Å². The lowest BCUT2D eigenvalue weighted by Crippen LogP contribution is -2.29. The van der Waals surface area contributed by atoms with Gasteiger partial charge in [0.25, 0.3) is 0 Å². The Kier molecular flexibility index (Phi) is 7.22. The van der Waals surface area contributed by atoms with E-state index in [1.165, 1.54) is 6.07 Å². The minimum absolute atomic E-state index is 0.255. The number of halogens is 1. The highest BCUT2D eigenvalue weighted by Crippen LogP contribution is 2.42. The molecule has 0 radical (unpaired) electrons. The van der Waals surface area contributed by atoms with Crippen LogP contribution in [0.4, 0.5) is 4.39 Å². The fourth-order valence-electron chi connectivity index (χ4n) is 5.74. The maximum absolute atomic E-state index is 15.6. The van der Waals surface area contributed by atoms with E-state index in [0.29, 0.717) is 46.9 Å². The molecule has 4 heterocycles. The highest BCUT2D eigenvalue weighted by Gasteiger charge is 2.34. The van der Waals surface area contributed by atoms with Crippen LogP contribution in [0.25, 0.3) is 39.3 Å². The Morgan fingerprint density at radius 2 is 1.81 bits per heavy atom. The molecular weight excluding hydrogens is 547 g/mol. The highest BCUT2D eigenvalue weighted by atomic mass is 19.1. The summed E-state index contributed by atoms with van der Waals surface area (Å²) in [7, 11) is 0. The third kappa shape index (κ3) is 5.36. The lowest BCUT2D eigenvalue weighted by molar-refractivity contribution is -0.160. The van der Waals surface area contributed by atoms with Crippen molar-refractivity contribution < 1.29 is 23.8 Å². The van der Waals surface area contributed by atoms with Crippen LogP contribution in [0.3, 0.4) is 0 Å². The van der Waals surface area contributed by atoms with Crippen molar-refractivity contribution in [3.05, 3.63) is 89.1 Å². The summed E-state index contributed by atoms with van der Waals surface area (Å²) in [5.74, 6) is -1.41. The molecule has 8 nitrogen and oxygen atoms in total. The van der Waals surface area contributed by atoms with Crippen molar-refractivity contribution in [2.75, 3.05) is 6.61 Å². The summed E-state index contributed by atoms with van der Waals surface area (Å²) in [4.78, 5) is 21.7. The van der Waals surface area contributed by atoms with E-state index in [1.54, 1.807) is 44.6 Å². The van der Waals surface area contributed by atoms with Crippen molar-refractivity contribution in [2.45, 2.75) is 59.2 Å². The van der Waals surface area contributed by atoms with E-state index < -0.39 is 23.5 Å². The number of fused-ring (bicyclic) bond motifs is 2. The molecular formula is C34H33FN4O4. The summed E-state index contributed by atoms with van der Waals surface area (Å²) in [6.07, 6.45) is 3.54. The molecule has 6 rings (SSSR count). The van der Waals surface area contributed by atoms with Crippen LogP contribution < -0.4 is 4.74 Å². The zero-order chi connectivity index (χ0) is 30.5. The number of rotatable bonds is 6. The van der Waals surface area contributed by atoms with Gasteiger partial charge in [-0.3, -0.25) is 4.98 Å². The summed E-state index contributed by atoms with van der Waals surface area (Å²) in [5, 5.41) is 15.4. The highest BCUT2D eigenvalue weighted by molar-refractivity contribution is 5.83. The van der Waals surface area contributed by atoms with E-state index in [1.807, 2.05) is 49.4 Å². The van der Waals surface area contributed by atoms with E-state index in [9.17, 15) is 9.90 Å². The van der Waals surface area contributed by atoms with Crippen molar-refractivity contribution >= 4 is 11.6 Å². The minimum atomic E-state index is -1.37. The zero-order valence-electron chi connectivity index (χ0n) is 24.8. The summed E-state index contributed by atoms with van der Waals surface area (Å²) < 4.78 is 29.0. The molecule has 9 heteroatoms. The lowest BCUT2D eigenvalue weighted by Gasteiger charge is -2.28. The molecule has 2 aromatic carbocycles. The predicted octanol–water partition coefficient (Wildman–Crippen LogP) is 7.15. The van der Waals surface area contributed by atoms with Crippen molar-refractivity contribution in [3.63, 3.8) is 0 Å². The smallest absolute Gasteiger partial charge is 0.337 e. The second-order valence-corrected chi connectivity index (χ2v) is 11.8. The minimum Gasteiger partial charge on any atom is -0.490 e. The van der Waals surface area contributed by atoms with Crippen molar-refractivity contribution in [2.24, 2.45) is 0 Å². The van der Waals surface area contributed by atoms with Crippen molar-refractivity contribution in [1.29, 1.82) is 0 Å². The number of aromatic nitrogens is 4. The molecule has 43 heavy (non-hydrogen) atoms. The average molecular weight is 581 g/mol. The molecule has 1 N–H and O–H groups in total. The molecule has 5 aromatic rings. The summed E-state index contributed by atoms with van der Waals surface area (Å²) >= 11 is 0. The van der Waals surface area contributed by atoms with Crippen LogP contribution in [-0.4, -0.2) is 42.9 Å². The molecule has 0 spiro atoms. The van der Waals surface area contributed by atoms with E-state index in [2.05, 4.69) is 4.98 Å². The van der Waals surface area contributed by atoms with E-state index in [0.717, 1.165) is 34.2 Å². The number of aryl methyl sites for hydroxylation is 1. The van der Waals surface area contributed by atoms with Gasteiger partial charge in [0.05, 0.1) is 23.6 Å². The maximum Gasteiger partial charge on any atom is 0.337 e. The molecule has 0 saturated carbocycles. The number of aliphatic carboxylic acids is 1. The number of hydrogen-bond acceptors (Lipinski definition) is 6. The quantitative estimate of drug-likeness (QED) is 0.228. The Morgan fingerprint density at radius 1 is 1.07 bits per heavy atom. The maximum atomic E-state index is 15.6. The standard InChI is InChI=1S/C34H33FN4O4/c1-19-24-10-7-15-42-31(24)26(35)17-25(19)30-29(32(33(40)41)43-34(3,4)5)20(2)37-28-18-27(38-39(28)30)23-9-6-8-22(16-23)21-11-13-36-14-12-21/h6,8-9,11-14,16-18,32H,7,10,15H2,1-5H3,(H,40,41)/t32-/m1/s1. The number of carboxylic acid groups (broad SMARTS) is 1. The number of nitrogens with zero attached hydrogens (tertiary/aromatic N) is 4. The van der Waals surface area contributed by atoms with Gasteiger partial charge in [-0.25, -0.2) is 18.7 Å². The van der Waals surface area contributed by atoms with Crippen LogP contribution in [0.15, 0.2) is 60.9 Å². The molecule has 0 aliphatic carbocycles. The van der Waals surface area contributed by atoms with Crippen LogP contribution >= 0.6 is 0 Å². The van der Waals surface area contributed by atoms with Crippen LogP contribution in [-0.2, 0) is 16.0 Å². The topological polar surface area (TPSA) is 98.8 Å². The molecule has 1 aliphatic rings. The average Bonchev–Trinajstić information content (AvgIpc) is 3.41. The van der Waals surface area contributed by atoms with Crippen LogP contribution in [0.5, 0.6) is 5.75 Å². The van der Waals surface area contributed by atoms with Crippen LogP contribution in [0, 0.1) is 19.7 Å². The van der Waals surface area contributed by atoms with Gasteiger partial charge in [-0.1, -0.05) is 18.2 Å². The molecule has 3 aromatic heterocycles. The lowest BCUT2D eigenvalue weighted by atomic mass is 9.91. The monoisotopic (exact) mass is 580 g/mol. The Morgan fingerprint density at radius 3 is 2.53 bits per heavy atom. The summed E-state index contributed by atoms with van der Waals surface area (Å²) in [6.45, 7) is 9.52. The number of benzene rings is 2. The predicted molar refractivity (Wildman–Crippen MR) is 162 cm³/mol. The molecule has 1 aliphatic heterocycles. The molecule has 1 atom stereocenters.